The lowest BCUT2D eigenvalue weighted by atomic mass is 9.57. The molecule has 9 nitrogen and oxygen atoms in total. The highest BCUT2D eigenvalue weighted by atomic mass is 16.3. The quantitative estimate of drug-likeness (QED) is 0.372. The van der Waals surface area contributed by atoms with E-state index in [2.05, 4.69) is 5.32 Å². The minimum atomic E-state index is -2.45. The third kappa shape index (κ3) is 2.80. The number of aromatic hydroxyl groups is 1. The molecule has 1 aromatic carbocycles. The maximum absolute atomic E-state index is 13.6. The molecule has 0 heterocycles. The summed E-state index contributed by atoms with van der Waals surface area (Å²) in [5, 5.41) is 54.8. The fourth-order valence-corrected chi connectivity index (χ4v) is 5.20. The summed E-state index contributed by atoms with van der Waals surface area (Å²) < 4.78 is 0. The van der Waals surface area contributed by atoms with E-state index in [-0.39, 0.29) is 23.3 Å². The molecule has 9 heteroatoms. The second-order valence-corrected chi connectivity index (χ2v) is 8.34. The normalized spacial score (nSPS) is 30.1. The van der Waals surface area contributed by atoms with Gasteiger partial charge in [-0.15, -0.1) is 0 Å². The first-order chi connectivity index (χ1) is 14.6. The largest absolute Gasteiger partial charge is 0.510 e. The Morgan fingerprint density at radius 3 is 2.68 bits per heavy atom. The van der Waals surface area contributed by atoms with Crippen LogP contribution in [0.3, 0.4) is 0 Å². The Morgan fingerprint density at radius 2 is 2.03 bits per heavy atom. The smallest absolute Gasteiger partial charge is 0.254 e. The second-order valence-electron chi connectivity index (χ2n) is 8.34. The van der Waals surface area contributed by atoms with Crippen molar-refractivity contribution in [3.8, 4) is 5.75 Å². The van der Waals surface area contributed by atoms with E-state index in [1.165, 1.54) is 6.07 Å². The van der Waals surface area contributed by atoms with Crippen molar-refractivity contribution >= 4 is 23.2 Å². The topological polar surface area (TPSA) is 177 Å². The van der Waals surface area contributed by atoms with Gasteiger partial charge >= 0.3 is 0 Å². The molecule has 0 aliphatic heterocycles. The number of aliphatic hydroxyl groups excluding tert-OH is 2. The molecule has 1 saturated carbocycles. The van der Waals surface area contributed by atoms with Crippen LogP contribution in [-0.2, 0) is 16.0 Å². The van der Waals surface area contributed by atoms with E-state index in [1.54, 1.807) is 12.1 Å². The van der Waals surface area contributed by atoms with E-state index in [9.17, 15) is 30.0 Å². The molecule has 4 atom stereocenters. The lowest BCUT2D eigenvalue weighted by Gasteiger charge is -2.50. The zero-order chi connectivity index (χ0) is 22.7. The fourth-order valence-electron chi connectivity index (χ4n) is 5.20. The van der Waals surface area contributed by atoms with Crippen LogP contribution in [0.2, 0.25) is 0 Å². The first kappa shape index (κ1) is 21.1. The average Bonchev–Trinajstić information content (AvgIpc) is 2.70. The summed E-state index contributed by atoms with van der Waals surface area (Å²) in [4.78, 5) is 25.6. The van der Waals surface area contributed by atoms with Crippen LogP contribution >= 0.6 is 0 Å². The number of rotatable bonds is 4. The first-order valence-electron chi connectivity index (χ1n) is 10.2. The number of benzene rings is 1. The van der Waals surface area contributed by atoms with Crippen molar-refractivity contribution in [2.24, 2.45) is 17.6 Å². The van der Waals surface area contributed by atoms with Gasteiger partial charge in [0.2, 0.25) is 5.78 Å². The first-order valence-corrected chi connectivity index (χ1v) is 10.2. The van der Waals surface area contributed by atoms with Crippen LogP contribution in [0.25, 0.3) is 5.76 Å². The number of amides is 1. The van der Waals surface area contributed by atoms with Crippen LogP contribution < -0.4 is 11.1 Å². The molecule has 0 bridgehead atoms. The molecule has 0 aromatic heterocycles. The van der Waals surface area contributed by atoms with E-state index in [0.717, 1.165) is 0 Å². The molecule has 1 aromatic rings. The number of nitrogens with two attached hydrogens (primary N) is 1. The summed E-state index contributed by atoms with van der Waals surface area (Å²) in [6, 6.07) is 3.81. The number of ketones is 1. The highest BCUT2D eigenvalue weighted by Crippen LogP contribution is 2.51. The summed E-state index contributed by atoms with van der Waals surface area (Å²) in [6.45, 7) is 2.33. The van der Waals surface area contributed by atoms with Crippen molar-refractivity contribution in [3.63, 3.8) is 0 Å². The molecule has 0 spiro atoms. The predicted octanol–water partition coefficient (Wildman–Crippen LogP) is 0.853. The number of hydrogen-bond acceptors (Lipinski definition) is 8. The van der Waals surface area contributed by atoms with Crippen molar-refractivity contribution < 1.29 is 30.0 Å². The van der Waals surface area contributed by atoms with E-state index < -0.39 is 58.0 Å². The van der Waals surface area contributed by atoms with Gasteiger partial charge in [-0.1, -0.05) is 19.1 Å². The molecular formula is C22H25N3O6. The van der Waals surface area contributed by atoms with E-state index in [0.29, 0.717) is 24.9 Å². The minimum Gasteiger partial charge on any atom is -0.510 e. The van der Waals surface area contributed by atoms with Crippen molar-refractivity contribution in [2.75, 3.05) is 6.54 Å². The Balaban J connectivity index is 1.91. The third-order valence-corrected chi connectivity index (χ3v) is 6.61. The van der Waals surface area contributed by atoms with E-state index in [4.69, 9.17) is 11.1 Å². The molecule has 8 N–H and O–H groups in total. The number of Topliss-reactive ketones (excluding diaryl/α,β-unsaturated/α-hetero) is 1. The zero-order valence-electron chi connectivity index (χ0n) is 17.0. The summed E-state index contributed by atoms with van der Waals surface area (Å²) >= 11 is 0. The molecule has 3 aliphatic carbocycles. The van der Waals surface area contributed by atoms with E-state index in [1.807, 2.05) is 6.92 Å². The number of carbonyl (C=O) groups is 2. The number of phenols is 1. The van der Waals surface area contributed by atoms with Gasteiger partial charge in [-0.3, -0.25) is 9.59 Å². The number of primary amides is 1. The molecule has 4 rings (SSSR count). The van der Waals surface area contributed by atoms with Crippen molar-refractivity contribution in [1.29, 1.82) is 5.41 Å². The fraction of sp³-hybridized carbons (Fsp3) is 0.409. The molecule has 0 saturated heterocycles. The zero-order valence-corrected chi connectivity index (χ0v) is 17.0. The van der Waals surface area contributed by atoms with Gasteiger partial charge in [0.05, 0.1) is 17.3 Å². The van der Waals surface area contributed by atoms with Gasteiger partial charge < -0.3 is 36.9 Å². The Labute approximate surface area is 178 Å². The molecule has 0 unspecified atom stereocenters. The Kier molecular flexibility index (Phi) is 4.90. The van der Waals surface area contributed by atoms with Crippen LogP contribution in [0.4, 0.5) is 0 Å². The minimum absolute atomic E-state index is 0.0862. The van der Waals surface area contributed by atoms with Crippen LogP contribution in [0.5, 0.6) is 5.75 Å². The second kappa shape index (κ2) is 7.21. The molecule has 1 amide bonds. The highest BCUT2D eigenvalue weighted by molar-refractivity contribution is 6.33. The number of hydrogen-bond donors (Lipinski definition) is 7. The van der Waals surface area contributed by atoms with Gasteiger partial charge in [-0.25, -0.2) is 0 Å². The molecule has 3 aliphatic rings. The van der Waals surface area contributed by atoms with Crippen LogP contribution in [0.1, 0.15) is 30.9 Å². The summed E-state index contributed by atoms with van der Waals surface area (Å²) in [5.74, 6) is -4.57. The number of nitrogens with one attached hydrogen (secondary N) is 2. The van der Waals surface area contributed by atoms with Gasteiger partial charge in [0.15, 0.2) is 5.60 Å². The Bertz CT molecular complexity index is 1080. The molecular weight excluding hydrogens is 402 g/mol. The van der Waals surface area contributed by atoms with Crippen molar-refractivity contribution in [3.05, 3.63) is 46.2 Å². The third-order valence-electron chi connectivity index (χ3n) is 6.61. The average molecular weight is 427 g/mol. The van der Waals surface area contributed by atoms with Crippen molar-refractivity contribution in [1.82, 2.24) is 5.32 Å². The van der Waals surface area contributed by atoms with Crippen LogP contribution in [-0.4, -0.2) is 56.0 Å². The van der Waals surface area contributed by atoms with Crippen LogP contribution in [0, 0.1) is 17.2 Å². The lowest BCUT2D eigenvalue weighted by Crippen LogP contribution is -2.67. The summed E-state index contributed by atoms with van der Waals surface area (Å²) in [7, 11) is 0. The van der Waals surface area contributed by atoms with Crippen molar-refractivity contribution in [2.45, 2.75) is 37.8 Å². The van der Waals surface area contributed by atoms with Gasteiger partial charge in [0.1, 0.15) is 22.8 Å². The summed E-state index contributed by atoms with van der Waals surface area (Å²) in [6.07, 6.45) is 1.19. The Morgan fingerprint density at radius 1 is 1.32 bits per heavy atom. The van der Waals surface area contributed by atoms with Gasteiger partial charge in [-0.05, 0) is 43.4 Å². The number of fused-ring (bicyclic) bond motifs is 3. The predicted molar refractivity (Wildman–Crippen MR) is 112 cm³/mol. The Hall–Kier alpha value is -3.17. The molecule has 164 valence electrons. The number of aliphatic hydroxyl groups is 3. The summed E-state index contributed by atoms with van der Waals surface area (Å²) in [5.41, 5.74) is 2.24. The highest BCUT2D eigenvalue weighted by Gasteiger charge is 2.62. The van der Waals surface area contributed by atoms with Gasteiger partial charge in [-0.2, -0.15) is 0 Å². The van der Waals surface area contributed by atoms with Crippen LogP contribution in [0.15, 0.2) is 35.1 Å². The monoisotopic (exact) mass is 427 g/mol. The maximum atomic E-state index is 13.6. The SMILES string of the molecule is CCCN[C@H]1C(O)=C(C(N)=O)C(=N)[C@@]2(O)C(=O)C3=C(O)c4c(O)cccc4C[C@H]3C[C@@H]12. The maximum Gasteiger partial charge on any atom is 0.254 e. The standard InChI is InChI=1S/C22H25N3O6/c1-2-6-25-16-11-8-10-7-9-4-3-5-12(26)13(9)17(27)14(10)20(29)22(11,31)19(23)15(18(16)28)21(24)30/h3-5,10-11,16,23,25-28,31H,2,6-8H2,1H3,(H2,24,30)/t10-,11-,16+,22+/m0/s1. The number of carbonyl (C=O) groups excluding carboxylic acids is 2. The molecule has 31 heavy (non-hydrogen) atoms. The van der Waals surface area contributed by atoms with Gasteiger partial charge in [0.25, 0.3) is 5.91 Å². The lowest BCUT2D eigenvalue weighted by molar-refractivity contribution is -0.137. The van der Waals surface area contributed by atoms with E-state index >= 15 is 0 Å². The van der Waals surface area contributed by atoms with Gasteiger partial charge in [0, 0.05) is 11.5 Å². The molecule has 1 fully saturated rings. The molecule has 0 radical (unpaired) electrons. The number of phenolic OH excluding ortho intramolecular Hbond substituents is 1.